The third kappa shape index (κ3) is 49.2. The third-order valence-electron chi connectivity index (χ3n) is 26.1. The van der Waals surface area contributed by atoms with Crippen LogP contribution in [0.4, 0.5) is 0 Å². The van der Waals surface area contributed by atoms with Gasteiger partial charge in [-0.2, -0.15) is 25.3 Å². The second-order valence-corrected chi connectivity index (χ2v) is 48.2. The lowest BCUT2D eigenvalue weighted by atomic mass is 9.74. The van der Waals surface area contributed by atoms with Gasteiger partial charge in [0.2, 0.25) is 0 Å². The van der Waals surface area contributed by atoms with Crippen LogP contribution in [0.3, 0.4) is 0 Å². The van der Waals surface area contributed by atoms with Crippen molar-refractivity contribution in [3.05, 3.63) is 199 Å². The lowest BCUT2D eigenvalue weighted by Crippen LogP contribution is -2.38. The molecule has 6 aromatic rings. The number of hydrogen-bond donors (Lipinski definition) is 9. The first-order valence-corrected chi connectivity index (χ1v) is 55.7. The number of carbonyl (C=O) groups excluding carboxylic acids is 2. The normalized spacial score (nSPS) is 18.5. The molecule has 0 radical (unpaired) electrons. The Morgan fingerprint density at radius 1 is 0.383 bits per heavy atom. The molecule has 0 saturated carbocycles. The molecule has 9 N–H and O–H groups in total. The maximum Gasteiger partial charge on any atom is 0.311 e. The van der Waals surface area contributed by atoms with Crippen LogP contribution in [0.2, 0.25) is 20.1 Å². The topological polar surface area (TPSA) is 408 Å². The van der Waals surface area contributed by atoms with Crippen LogP contribution < -0.4 is 0 Å². The van der Waals surface area contributed by atoms with Crippen molar-refractivity contribution in [3.8, 4) is 11.5 Å². The van der Waals surface area contributed by atoms with Crippen molar-refractivity contribution in [3.63, 3.8) is 0 Å². The van der Waals surface area contributed by atoms with Gasteiger partial charge >= 0.3 is 23.9 Å². The van der Waals surface area contributed by atoms with E-state index < -0.39 is 85.5 Å². The summed E-state index contributed by atoms with van der Waals surface area (Å²) in [7, 11) is -12.2. The summed E-state index contributed by atoms with van der Waals surface area (Å²) < 4.78 is 126. The van der Waals surface area contributed by atoms with Crippen molar-refractivity contribution in [2.75, 3.05) is 13.2 Å². The Bertz CT molecular complexity index is 4930. The molecule has 141 heavy (non-hydrogen) atoms. The number of carboxylic acid groups (broad SMARTS) is 2. The van der Waals surface area contributed by atoms with Gasteiger partial charge in [-0.25, -0.2) is 0 Å². The number of unbranched alkanes of at least 4 members (excludes halogenated alkanes) is 2. The summed E-state index contributed by atoms with van der Waals surface area (Å²) in [6.07, 6.45) is 15.2. The molecule has 2 aliphatic rings. The van der Waals surface area contributed by atoms with Crippen LogP contribution in [0, 0.1) is 22.2 Å². The number of hydrogen-bond acceptors (Lipinski definition) is 20. The highest BCUT2D eigenvalue weighted by molar-refractivity contribution is 7.87. The van der Waals surface area contributed by atoms with Crippen molar-refractivity contribution in [2.24, 2.45) is 22.2 Å². The summed E-state index contributed by atoms with van der Waals surface area (Å²) in [5.74, 6) is -0.897. The van der Waals surface area contributed by atoms with Gasteiger partial charge in [-0.3, -0.25) is 32.8 Å². The Morgan fingerprint density at radius 2 is 0.652 bits per heavy atom. The lowest BCUT2D eigenvalue weighted by Gasteiger charge is -2.34. The maximum absolute atomic E-state index is 12.8. The van der Waals surface area contributed by atoms with Crippen molar-refractivity contribution in [2.45, 2.75) is 406 Å². The molecule has 16 atom stereocenters. The summed E-state index contributed by atoms with van der Waals surface area (Å²) in [6, 6.07) is 44.6. The molecule has 16 unspecified atom stereocenters. The minimum Gasteiger partial charge on any atom is -0.508 e. The Morgan fingerprint density at radius 3 is 0.943 bits per heavy atom. The molecule has 6 aromatic carbocycles. The van der Waals surface area contributed by atoms with E-state index in [2.05, 4.69) is 46.8 Å². The molecule has 8 rings (SSSR count). The first-order valence-electron chi connectivity index (χ1n) is 49.8. The first kappa shape index (κ1) is 131. The SMILES string of the molecule is CCC(CC(C)(C)S(=O)(=O)O)c1ccc(Cl)cc1.CCC(O)CC(CC(C)(C)C(=O)O)c1ccc(Cl)cc1.CCC(O)CC(CC(C)(C)S(=O)(=O)O)c1ccc(Cl)cc1.CCC1CC(CC(C)C(=O)O)OC(C)O1.CCC1CC(CC(C)S(=O)(=O)O)OC(C)O1.CCCCOC(=O)C(C)(C)CC(CC(CC)c1ccc(O)cc1)c1ccc(Cl)cc1.CCCCOC(=O)C(C)(C)CC(CC)c1ccc(O)cc1. The van der Waals surface area contributed by atoms with E-state index in [4.69, 9.17) is 84.5 Å². The van der Waals surface area contributed by atoms with Gasteiger partial charge in [0.1, 0.15) is 11.5 Å². The molecule has 0 amide bonds. The molecule has 2 fully saturated rings. The number of ether oxygens (including phenoxy) is 6. The largest absolute Gasteiger partial charge is 0.508 e. The Labute approximate surface area is 864 Å². The van der Waals surface area contributed by atoms with Gasteiger partial charge in [0.05, 0.1) is 86.7 Å². The molecule has 2 saturated heterocycles. The number of carboxylic acids is 2. The maximum atomic E-state index is 12.8. The standard InChI is InChI=1S/C26H35ClO3.C18H28O3.C16H23ClO3.C15H23ClO4S.C13H19ClO3S.C11H20O4.C10H20O5S/c1-5-7-16-30-25(29)26(3,4)18-22(21-8-12-23(27)13-9-21)17-19(6-2)20-10-14-24(28)15-11-20;1-5-7-12-21-17(20)18(3,4)13-14(6-2)15-8-10-16(19)11-9-15;1-4-14(18)9-12(10-16(2,3)15(19)20)11-5-7-13(17)8-6-11;1-4-14(17)9-12(10-15(2,3)21(18,19)20)11-5-7-13(16)8-6-11;1-4-10(9-13(2,3)18(15,16)17)11-5-7-12(14)8-6-11;1-4-9-6-10(15-8(3)14-9)5-7(2)11(12)13;1-4-9-6-10(15-8(3)14-9)5-7(2)16(11,12)13/h8-15,19,22,28H,5-7,16-18H2,1-4H3;8-11,14,19H,5-7,12-13H2,1-4H3;5-8,12,14,18H,4,9-10H2,1-3H3,(H,19,20);5-8,12,14,17H,4,9-10H2,1-3H3,(H,18,19,20);5-8,10H,4,9H2,1-3H3,(H,15,16,17);7-10H,4-6H2,1-3H3,(H,12,13);7-10H,4-6H2,1-3H3,(H,11,12,13). The van der Waals surface area contributed by atoms with E-state index in [1.807, 2.05) is 135 Å². The van der Waals surface area contributed by atoms with Crippen LogP contribution >= 0.6 is 46.4 Å². The van der Waals surface area contributed by atoms with Crippen LogP contribution in [-0.2, 0) is 78.0 Å². The summed E-state index contributed by atoms with van der Waals surface area (Å²) in [5.41, 5.74) is 4.63. The molecular weight excluding hydrogens is 1950 g/mol. The molecule has 2 aliphatic heterocycles. The number of aromatic hydroxyl groups is 2. The smallest absolute Gasteiger partial charge is 0.311 e. The molecule has 25 nitrogen and oxygen atoms in total. The van der Waals surface area contributed by atoms with Crippen molar-refractivity contribution in [1.29, 1.82) is 0 Å². The number of benzene rings is 6. The number of phenols is 2. The third-order valence-corrected chi connectivity index (χ3v) is 31.5. The zero-order chi connectivity index (χ0) is 107. The van der Waals surface area contributed by atoms with Gasteiger partial charge in [0, 0.05) is 32.9 Å². The number of aliphatic hydroxyl groups is 2. The Balaban J connectivity index is 0.000000562. The van der Waals surface area contributed by atoms with Crippen molar-refractivity contribution >= 4 is 101 Å². The van der Waals surface area contributed by atoms with Crippen LogP contribution in [0.5, 0.6) is 11.5 Å². The number of halogens is 4. The molecule has 0 spiro atoms. The van der Waals surface area contributed by atoms with E-state index in [1.165, 1.54) is 31.9 Å². The first-order chi connectivity index (χ1) is 65.5. The quantitative estimate of drug-likeness (QED) is 0.00973. The van der Waals surface area contributed by atoms with Crippen LogP contribution in [0.1, 0.15) is 376 Å². The highest BCUT2D eigenvalue weighted by Crippen LogP contribution is 2.44. The fourth-order valence-electron chi connectivity index (χ4n) is 16.6. The number of rotatable bonds is 46. The molecule has 0 aliphatic carbocycles. The molecule has 800 valence electrons. The van der Waals surface area contributed by atoms with Crippen LogP contribution in [0.25, 0.3) is 0 Å². The summed E-state index contributed by atoms with van der Waals surface area (Å²) in [6.45, 7) is 43.6. The minimum atomic E-state index is -4.16. The second kappa shape index (κ2) is 63.2. The van der Waals surface area contributed by atoms with E-state index in [1.54, 1.807) is 102 Å². The average Bonchev–Trinajstić information content (AvgIpc) is 0.828. The van der Waals surface area contributed by atoms with Crippen LogP contribution in [0.15, 0.2) is 146 Å². The van der Waals surface area contributed by atoms with Crippen molar-refractivity contribution < 1.29 is 117 Å². The van der Waals surface area contributed by atoms with Crippen molar-refractivity contribution in [1.82, 2.24) is 0 Å². The fourth-order valence-corrected chi connectivity index (χ4v) is 18.4. The zero-order valence-electron chi connectivity index (χ0n) is 87.6. The zero-order valence-corrected chi connectivity index (χ0v) is 93.0. The highest BCUT2D eigenvalue weighted by Gasteiger charge is 2.41. The predicted molar refractivity (Wildman–Crippen MR) is 566 cm³/mol. The van der Waals surface area contributed by atoms with Gasteiger partial charge < -0.3 is 59.1 Å². The second-order valence-electron chi connectivity index (χ2n) is 40.5. The average molecular weight is 2120 g/mol. The van der Waals surface area contributed by atoms with Gasteiger partial charge in [0.25, 0.3) is 30.4 Å². The molecular formula is C109H168Cl4O25S3. The number of phenolic OH excluding ortho intramolecular Hbond substituents is 2. The Kier molecular flexibility index (Phi) is 58.5. The molecule has 2 heterocycles. The van der Waals surface area contributed by atoms with Gasteiger partial charge in [0.15, 0.2) is 12.6 Å². The minimum absolute atomic E-state index is 0.00770. The molecule has 0 bridgehead atoms. The number of aliphatic hydroxyl groups excluding tert-OH is 2. The number of aliphatic carboxylic acids is 2. The van der Waals surface area contributed by atoms with E-state index in [0.29, 0.717) is 109 Å². The lowest BCUT2D eigenvalue weighted by molar-refractivity contribution is -0.237. The van der Waals surface area contributed by atoms with Gasteiger partial charge in [-0.05, 0) is 354 Å². The summed E-state index contributed by atoms with van der Waals surface area (Å²) in [4.78, 5) is 47.0. The predicted octanol–water partition coefficient (Wildman–Crippen LogP) is 27.3. The summed E-state index contributed by atoms with van der Waals surface area (Å²) >= 11 is 23.7. The van der Waals surface area contributed by atoms with E-state index in [-0.39, 0.29) is 96.4 Å². The molecule has 32 heteroatoms. The monoisotopic (exact) mass is 2110 g/mol. The Hall–Kier alpha value is -6.55. The number of esters is 2. The van der Waals surface area contributed by atoms with E-state index in [9.17, 15) is 79.1 Å². The van der Waals surface area contributed by atoms with Gasteiger partial charge in [-0.15, -0.1) is 0 Å². The molecule has 0 aromatic heterocycles. The van der Waals surface area contributed by atoms with Gasteiger partial charge in [-0.1, -0.05) is 201 Å². The van der Waals surface area contributed by atoms with Crippen LogP contribution in [-0.4, -0.2) is 171 Å². The van der Waals surface area contributed by atoms with E-state index in [0.717, 1.165) is 99.3 Å². The fraction of sp³-hybridized carbons (Fsp3) is 0.633. The summed E-state index contributed by atoms with van der Waals surface area (Å²) in [5, 5.41) is 58.8. The van der Waals surface area contributed by atoms with E-state index >= 15 is 0 Å². The number of carbonyl (C=O) groups is 4. The highest BCUT2D eigenvalue weighted by atomic mass is 35.5.